The SMILES string of the molecule is CCCOc1cc(N)cc(OCCN(C)C)c1. The van der Waals surface area contributed by atoms with Crippen LogP contribution in [-0.4, -0.2) is 38.8 Å². The third kappa shape index (κ3) is 5.45. The maximum atomic E-state index is 5.79. The van der Waals surface area contributed by atoms with Crippen molar-refractivity contribution in [2.45, 2.75) is 13.3 Å². The van der Waals surface area contributed by atoms with E-state index in [1.165, 1.54) is 0 Å². The van der Waals surface area contributed by atoms with Gasteiger partial charge in [-0.05, 0) is 20.5 Å². The summed E-state index contributed by atoms with van der Waals surface area (Å²) in [7, 11) is 4.02. The van der Waals surface area contributed by atoms with Gasteiger partial charge in [-0.3, -0.25) is 0 Å². The first-order valence-electron chi connectivity index (χ1n) is 5.92. The van der Waals surface area contributed by atoms with Crippen molar-refractivity contribution in [2.24, 2.45) is 0 Å². The molecule has 0 radical (unpaired) electrons. The van der Waals surface area contributed by atoms with Gasteiger partial charge in [-0.25, -0.2) is 0 Å². The van der Waals surface area contributed by atoms with Crippen LogP contribution in [0.3, 0.4) is 0 Å². The van der Waals surface area contributed by atoms with Gasteiger partial charge >= 0.3 is 0 Å². The van der Waals surface area contributed by atoms with Gasteiger partial charge in [-0.15, -0.1) is 0 Å². The first kappa shape index (κ1) is 13.6. The summed E-state index contributed by atoms with van der Waals surface area (Å²) in [6.45, 7) is 4.28. The van der Waals surface area contributed by atoms with Gasteiger partial charge in [-0.1, -0.05) is 6.92 Å². The Hall–Kier alpha value is -1.42. The lowest BCUT2D eigenvalue weighted by Crippen LogP contribution is -2.19. The Bertz CT molecular complexity index is 340. The molecule has 4 heteroatoms. The summed E-state index contributed by atoms with van der Waals surface area (Å²) in [5.74, 6) is 1.53. The summed E-state index contributed by atoms with van der Waals surface area (Å²) in [5, 5.41) is 0. The molecule has 0 fully saturated rings. The van der Waals surface area contributed by atoms with Gasteiger partial charge in [0.25, 0.3) is 0 Å². The van der Waals surface area contributed by atoms with Crippen LogP contribution < -0.4 is 15.2 Å². The van der Waals surface area contributed by atoms with Crippen molar-refractivity contribution in [1.82, 2.24) is 4.90 Å². The maximum absolute atomic E-state index is 5.79. The van der Waals surface area contributed by atoms with Gasteiger partial charge in [0.2, 0.25) is 0 Å². The molecule has 17 heavy (non-hydrogen) atoms. The first-order valence-corrected chi connectivity index (χ1v) is 5.92. The molecule has 0 atom stereocenters. The van der Waals surface area contributed by atoms with Crippen molar-refractivity contribution in [1.29, 1.82) is 0 Å². The number of rotatable bonds is 7. The molecule has 0 heterocycles. The first-order chi connectivity index (χ1) is 8.11. The van der Waals surface area contributed by atoms with Gasteiger partial charge in [0.15, 0.2) is 0 Å². The molecule has 0 aliphatic heterocycles. The van der Waals surface area contributed by atoms with Gasteiger partial charge in [-0.2, -0.15) is 0 Å². The van der Waals surface area contributed by atoms with Crippen LogP contribution in [0.15, 0.2) is 18.2 Å². The smallest absolute Gasteiger partial charge is 0.125 e. The number of nitrogens with two attached hydrogens (primary N) is 1. The Morgan fingerprint density at radius 1 is 1.06 bits per heavy atom. The third-order valence-electron chi connectivity index (χ3n) is 2.18. The second kappa shape index (κ2) is 7.01. The lowest BCUT2D eigenvalue weighted by Gasteiger charge is -2.13. The lowest BCUT2D eigenvalue weighted by atomic mass is 10.3. The van der Waals surface area contributed by atoms with Gasteiger partial charge < -0.3 is 20.1 Å². The molecule has 0 aliphatic rings. The molecule has 1 rings (SSSR count). The summed E-state index contributed by atoms with van der Waals surface area (Å²) in [5.41, 5.74) is 6.46. The van der Waals surface area contributed by atoms with Crippen LogP contribution in [0.2, 0.25) is 0 Å². The second-order valence-electron chi connectivity index (χ2n) is 4.24. The maximum Gasteiger partial charge on any atom is 0.125 e. The van der Waals surface area contributed by atoms with Crippen molar-refractivity contribution in [3.05, 3.63) is 18.2 Å². The highest BCUT2D eigenvalue weighted by atomic mass is 16.5. The summed E-state index contributed by atoms with van der Waals surface area (Å²) in [6, 6.07) is 5.50. The molecular weight excluding hydrogens is 216 g/mol. The number of nitrogens with zero attached hydrogens (tertiary/aromatic N) is 1. The van der Waals surface area contributed by atoms with Crippen LogP contribution in [0.4, 0.5) is 5.69 Å². The number of benzene rings is 1. The van der Waals surface area contributed by atoms with Crippen LogP contribution in [0.1, 0.15) is 13.3 Å². The minimum absolute atomic E-state index is 0.643. The highest BCUT2D eigenvalue weighted by Crippen LogP contribution is 2.24. The quantitative estimate of drug-likeness (QED) is 0.738. The molecule has 2 N–H and O–H groups in total. The van der Waals surface area contributed by atoms with Crippen LogP contribution >= 0.6 is 0 Å². The van der Waals surface area contributed by atoms with Crippen molar-refractivity contribution in [3.8, 4) is 11.5 Å². The molecule has 0 unspecified atom stereocenters. The van der Waals surface area contributed by atoms with E-state index in [1.807, 2.05) is 32.3 Å². The molecule has 0 aromatic heterocycles. The Morgan fingerprint density at radius 2 is 1.65 bits per heavy atom. The standard InChI is InChI=1S/C13H22N2O2/c1-4-6-16-12-8-11(14)9-13(10-12)17-7-5-15(2)3/h8-10H,4-7,14H2,1-3H3. The summed E-state index contributed by atoms with van der Waals surface area (Å²) < 4.78 is 11.2. The zero-order valence-electron chi connectivity index (χ0n) is 10.9. The number of hydrogen-bond acceptors (Lipinski definition) is 4. The molecule has 0 saturated heterocycles. The molecule has 0 spiro atoms. The fraction of sp³-hybridized carbons (Fsp3) is 0.538. The fourth-order valence-corrected chi connectivity index (χ4v) is 1.33. The van der Waals surface area contributed by atoms with Crippen LogP contribution in [0, 0.1) is 0 Å². The molecule has 0 amide bonds. The number of ether oxygens (including phenoxy) is 2. The van der Waals surface area contributed by atoms with E-state index in [0.717, 1.165) is 24.5 Å². The Balaban J connectivity index is 2.55. The topological polar surface area (TPSA) is 47.7 Å². The summed E-state index contributed by atoms with van der Waals surface area (Å²) in [6.07, 6.45) is 0.978. The molecule has 96 valence electrons. The summed E-state index contributed by atoms with van der Waals surface area (Å²) in [4.78, 5) is 2.07. The molecule has 0 saturated carbocycles. The largest absolute Gasteiger partial charge is 0.493 e. The van der Waals surface area contributed by atoms with E-state index in [2.05, 4.69) is 11.8 Å². The lowest BCUT2D eigenvalue weighted by molar-refractivity contribution is 0.259. The normalized spacial score (nSPS) is 10.6. The van der Waals surface area contributed by atoms with Gasteiger partial charge in [0, 0.05) is 30.4 Å². The summed E-state index contributed by atoms with van der Waals surface area (Å²) >= 11 is 0. The number of hydrogen-bond donors (Lipinski definition) is 1. The van der Waals surface area contributed by atoms with E-state index in [0.29, 0.717) is 18.9 Å². The Labute approximate surface area is 103 Å². The molecule has 1 aromatic carbocycles. The number of anilines is 1. The number of nitrogen functional groups attached to an aromatic ring is 1. The minimum atomic E-state index is 0.643. The van der Waals surface area contributed by atoms with Crippen molar-refractivity contribution < 1.29 is 9.47 Å². The zero-order valence-corrected chi connectivity index (χ0v) is 10.9. The predicted molar refractivity (Wildman–Crippen MR) is 70.7 cm³/mol. The molecule has 4 nitrogen and oxygen atoms in total. The van der Waals surface area contributed by atoms with E-state index in [1.54, 1.807) is 0 Å². The third-order valence-corrected chi connectivity index (χ3v) is 2.18. The average molecular weight is 238 g/mol. The van der Waals surface area contributed by atoms with Gasteiger partial charge in [0.1, 0.15) is 18.1 Å². The van der Waals surface area contributed by atoms with Crippen molar-refractivity contribution in [2.75, 3.05) is 39.6 Å². The monoisotopic (exact) mass is 238 g/mol. The predicted octanol–water partition coefficient (Wildman–Crippen LogP) is 2.00. The van der Waals surface area contributed by atoms with E-state index < -0.39 is 0 Å². The van der Waals surface area contributed by atoms with E-state index in [9.17, 15) is 0 Å². The van der Waals surface area contributed by atoms with Crippen molar-refractivity contribution >= 4 is 5.69 Å². The van der Waals surface area contributed by atoms with Crippen LogP contribution in [0.5, 0.6) is 11.5 Å². The minimum Gasteiger partial charge on any atom is -0.493 e. The molecule has 0 aliphatic carbocycles. The van der Waals surface area contributed by atoms with E-state index >= 15 is 0 Å². The second-order valence-corrected chi connectivity index (χ2v) is 4.24. The average Bonchev–Trinajstić information content (AvgIpc) is 2.25. The number of likely N-dealkylation sites (N-methyl/N-ethyl adjacent to an activating group) is 1. The zero-order chi connectivity index (χ0) is 12.7. The Kier molecular flexibility index (Phi) is 5.63. The Morgan fingerprint density at radius 3 is 2.18 bits per heavy atom. The van der Waals surface area contributed by atoms with Crippen LogP contribution in [-0.2, 0) is 0 Å². The van der Waals surface area contributed by atoms with Crippen molar-refractivity contribution in [3.63, 3.8) is 0 Å². The molecule has 1 aromatic rings. The molecule has 0 bridgehead atoms. The van der Waals surface area contributed by atoms with Gasteiger partial charge in [0.05, 0.1) is 6.61 Å². The van der Waals surface area contributed by atoms with E-state index in [4.69, 9.17) is 15.2 Å². The van der Waals surface area contributed by atoms with Crippen LogP contribution in [0.25, 0.3) is 0 Å². The van der Waals surface area contributed by atoms with E-state index in [-0.39, 0.29) is 0 Å². The molecular formula is C13H22N2O2. The highest BCUT2D eigenvalue weighted by Gasteiger charge is 2.01. The fourth-order valence-electron chi connectivity index (χ4n) is 1.33. The highest BCUT2D eigenvalue weighted by molar-refractivity contribution is 5.50.